The quantitative estimate of drug-likeness (QED) is 0.763. The van der Waals surface area contributed by atoms with Crippen LogP contribution in [-0.4, -0.2) is 8.42 Å². The number of sulfonamides is 1. The Kier molecular flexibility index (Phi) is 3.37. The van der Waals surface area contributed by atoms with E-state index in [0.29, 0.717) is 3.57 Å². The Morgan fingerprint density at radius 1 is 1.46 bits per heavy atom. The van der Waals surface area contributed by atoms with Crippen molar-refractivity contribution in [3.8, 4) is 0 Å². The molecule has 13 heavy (non-hydrogen) atoms. The van der Waals surface area contributed by atoms with Gasteiger partial charge in [-0.3, -0.25) is 0 Å². The molecule has 6 heteroatoms. The maximum absolute atomic E-state index is 11.1. The predicted molar refractivity (Wildman–Crippen MR) is 63.0 cm³/mol. The molecule has 0 unspecified atom stereocenters. The van der Waals surface area contributed by atoms with E-state index in [1.54, 1.807) is 0 Å². The average molecular weight is 376 g/mol. The smallest absolute Gasteiger partial charge is 0.225 e. The van der Waals surface area contributed by atoms with Crippen LogP contribution in [0.25, 0.3) is 0 Å². The van der Waals surface area contributed by atoms with Crippen molar-refractivity contribution in [3.05, 3.63) is 25.7 Å². The first-order chi connectivity index (χ1) is 5.82. The lowest BCUT2D eigenvalue weighted by molar-refractivity contribution is 0.597. The van der Waals surface area contributed by atoms with Gasteiger partial charge in [-0.05, 0) is 47.2 Å². The molecule has 0 atom stereocenters. The molecule has 0 fully saturated rings. The van der Waals surface area contributed by atoms with Crippen LogP contribution in [0.4, 0.5) is 0 Å². The molecule has 0 radical (unpaired) electrons. The molecule has 1 rings (SSSR count). The molecule has 72 valence electrons. The predicted octanol–water partition coefficient (Wildman–Crippen LogP) is 2.01. The summed E-state index contributed by atoms with van der Waals surface area (Å²) in [5, 5.41) is 5.04. The first-order valence-electron chi connectivity index (χ1n) is 3.31. The largest absolute Gasteiger partial charge is 0.239 e. The van der Waals surface area contributed by atoms with Crippen LogP contribution >= 0.6 is 38.5 Å². The number of rotatable bonds is 1. The van der Waals surface area contributed by atoms with Crippen molar-refractivity contribution in [3.63, 3.8) is 0 Å². The van der Waals surface area contributed by atoms with E-state index < -0.39 is 10.0 Å². The molecule has 1 aromatic carbocycles. The normalized spacial score (nSPS) is 11.7. The van der Waals surface area contributed by atoms with E-state index in [1.165, 1.54) is 6.07 Å². The van der Waals surface area contributed by atoms with E-state index in [0.717, 1.165) is 10.0 Å². The van der Waals surface area contributed by atoms with Crippen LogP contribution in [-0.2, 0) is 10.0 Å². The number of halogens is 2. The molecular formula is C7H7BrINO2S. The summed E-state index contributed by atoms with van der Waals surface area (Å²) in [6.07, 6.45) is 0. The molecule has 0 aliphatic rings. The Morgan fingerprint density at radius 2 is 2.00 bits per heavy atom. The van der Waals surface area contributed by atoms with Gasteiger partial charge in [0.1, 0.15) is 0 Å². The Morgan fingerprint density at radius 3 is 2.46 bits per heavy atom. The minimum absolute atomic E-state index is 0.167. The average Bonchev–Trinajstić information content (AvgIpc) is 1.94. The Hall–Kier alpha value is 0.340. The summed E-state index contributed by atoms with van der Waals surface area (Å²) >= 11 is 5.18. The molecule has 0 saturated carbocycles. The van der Waals surface area contributed by atoms with Crippen LogP contribution in [0.5, 0.6) is 0 Å². The van der Waals surface area contributed by atoms with E-state index >= 15 is 0 Å². The highest BCUT2D eigenvalue weighted by Crippen LogP contribution is 2.25. The number of hydrogen-bond acceptors (Lipinski definition) is 2. The second-order valence-corrected chi connectivity index (χ2v) is 6.10. The van der Waals surface area contributed by atoms with Gasteiger partial charge in [0.2, 0.25) is 10.0 Å². The van der Waals surface area contributed by atoms with Crippen molar-refractivity contribution in [2.75, 3.05) is 0 Å². The first-order valence-corrected chi connectivity index (χ1v) is 6.72. The van der Waals surface area contributed by atoms with Gasteiger partial charge >= 0.3 is 0 Å². The third-order valence-electron chi connectivity index (χ3n) is 1.49. The van der Waals surface area contributed by atoms with Crippen LogP contribution in [0.3, 0.4) is 0 Å². The number of primary sulfonamides is 1. The van der Waals surface area contributed by atoms with Gasteiger partial charge < -0.3 is 0 Å². The lowest BCUT2D eigenvalue weighted by atomic mass is 10.2. The summed E-state index contributed by atoms with van der Waals surface area (Å²) in [5.74, 6) is 0. The second-order valence-electron chi connectivity index (χ2n) is 2.58. The molecule has 0 amide bonds. The van der Waals surface area contributed by atoms with E-state index in [4.69, 9.17) is 5.14 Å². The molecular weight excluding hydrogens is 369 g/mol. The van der Waals surface area contributed by atoms with Crippen LogP contribution < -0.4 is 5.14 Å². The van der Waals surface area contributed by atoms with E-state index in [9.17, 15) is 8.42 Å². The van der Waals surface area contributed by atoms with Crippen LogP contribution in [0.2, 0.25) is 0 Å². The zero-order valence-electron chi connectivity index (χ0n) is 6.71. The van der Waals surface area contributed by atoms with Gasteiger partial charge in [-0.1, -0.05) is 15.9 Å². The molecule has 3 nitrogen and oxygen atoms in total. The minimum Gasteiger partial charge on any atom is -0.225 e. The fourth-order valence-corrected chi connectivity index (χ4v) is 3.56. The van der Waals surface area contributed by atoms with Crippen molar-refractivity contribution in [2.24, 2.45) is 5.14 Å². The van der Waals surface area contributed by atoms with E-state index in [-0.39, 0.29) is 4.90 Å². The number of benzene rings is 1. The highest BCUT2D eigenvalue weighted by molar-refractivity contribution is 14.1. The zero-order valence-corrected chi connectivity index (χ0v) is 11.3. The van der Waals surface area contributed by atoms with Crippen molar-refractivity contribution >= 4 is 48.5 Å². The zero-order chi connectivity index (χ0) is 10.2. The maximum Gasteiger partial charge on any atom is 0.239 e. The maximum atomic E-state index is 11.1. The molecule has 1 aromatic rings. The van der Waals surface area contributed by atoms with Gasteiger partial charge in [0.05, 0.1) is 4.90 Å². The third kappa shape index (κ3) is 2.64. The number of hydrogen-bond donors (Lipinski definition) is 1. The molecule has 0 aliphatic carbocycles. The Labute approximate surface area is 99.0 Å². The van der Waals surface area contributed by atoms with Crippen molar-refractivity contribution in [2.45, 2.75) is 11.8 Å². The van der Waals surface area contributed by atoms with Crippen LogP contribution in [0, 0.1) is 10.5 Å². The summed E-state index contributed by atoms with van der Waals surface area (Å²) in [6.45, 7) is 1.83. The van der Waals surface area contributed by atoms with Gasteiger partial charge in [-0.2, -0.15) is 0 Å². The van der Waals surface area contributed by atoms with Gasteiger partial charge in [-0.15, -0.1) is 0 Å². The Bertz CT molecular complexity index is 444. The summed E-state index contributed by atoms with van der Waals surface area (Å²) in [4.78, 5) is 0.167. The number of aryl methyl sites for hydroxylation is 1. The Balaban J connectivity index is 3.56. The van der Waals surface area contributed by atoms with Crippen LogP contribution in [0.1, 0.15) is 5.56 Å². The molecule has 0 aliphatic heterocycles. The highest BCUT2D eigenvalue weighted by atomic mass is 127. The molecule has 0 spiro atoms. The molecule has 0 aromatic heterocycles. The van der Waals surface area contributed by atoms with Gasteiger partial charge in [0.15, 0.2) is 0 Å². The highest BCUT2D eigenvalue weighted by Gasteiger charge is 2.14. The first kappa shape index (κ1) is 11.4. The van der Waals surface area contributed by atoms with Gasteiger partial charge in [0, 0.05) is 8.04 Å². The van der Waals surface area contributed by atoms with Gasteiger partial charge in [-0.25, -0.2) is 13.6 Å². The lowest BCUT2D eigenvalue weighted by Gasteiger charge is -2.05. The van der Waals surface area contributed by atoms with E-state index in [1.807, 2.05) is 35.6 Å². The number of nitrogens with two attached hydrogens (primary N) is 1. The fourth-order valence-electron chi connectivity index (χ4n) is 0.902. The van der Waals surface area contributed by atoms with Gasteiger partial charge in [0.25, 0.3) is 0 Å². The summed E-state index contributed by atoms with van der Waals surface area (Å²) in [5.41, 5.74) is 0.888. The minimum atomic E-state index is -3.62. The third-order valence-corrected chi connectivity index (χ3v) is 4.68. The molecule has 0 heterocycles. The van der Waals surface area contributed by atoms with Crippen molar-refractivity contribution < 1.29 is 8.42 Å². The van der Waals surface area contributed by atoms with Crippen molar-refractivity contribution in [1.29, 1.82) is 0 Å². The standard InChI is InChI=1S/C7H7BrINO2S/c1-4-2-5(8)3-6(7(4)9)13(10,11)12/h2-3H,1H3,(H2,10,11,12). The van der Waals surface area contributed by atoms with Crippen LogP contribution in [0.15, 0.2) is 21.5 Å². The molecule has 2 N–H and O–H groups in total. The summed E-state index contributed by atoms with van der Waals surface area (Å²) in [7, 11) is -3.62. The summed E-state index contributed by atoms with van der Waals surface area (Å²) in [6, 6.07) is 3.35. The SMILES string of the molecule is Cc1cc(Br)cc(S(N)(=O)=O)c1I. The molecule has 0 bridgehead atoms. The van der Waals surface area contributed by atoms with Crippen molar-refractivity contribution in [1.82, 2.24) is 0 Å². The fraction of sp³-hybridized carbons (Fsp3) is 0.143. The topological polar surface area (TPSA) is 60.2 Å². The monoisotopic (exact) mass is 375 g/mol. The van der Waals surface area contributed by atoms with E-state index in [2.05, 4.69) is 15.9 Å². The lowest BCUT2D eigenvalue weighted by Crippen LogP contribution is -2.14. The molecule has 0 saturated heterocycles. The second kappa shape index (κ2) is 3.84. The summed E-state index contributed by atoms with van der Waals surface area (Å²) < 4.78 is 23.6.